The number of nitrogens with one attached hydrogen (secondary N) is 1. The van der Waals surface area contributed by atoms with E-state index in [-0.39, 0.29) is 0 Å². The van der Waals surface area contributed by atoms with E-state index >= 15 is 0 Å². The van der Waals surface area contributed by atoms with Crippen LogP contribution in [0.25, 0.3) is 0 Å². The topological polar surface area (TPSA) is 15.3 Å². The van der Waals surface area contributed by atoms with E-state index in [0.29, 0.717) is 6.04 Å². The molecule has 1 fully saturated rings. The molecule has 1 unspecified atom stereocenters. The Hall–Kier alpha value is -0.540. The molecule has 0 spiro atoms. The monoisotopic (exact) mass is 310 g/mol. The van der Waals surface area contributed by atoms with Crippen molar-refractivity contribution >= 4 is 21.6 Å². The lowest BCUT2D eigenvalue weighted by atomic mass is 10.0. The summed E-state index contributed by atoms with van der Waals surface area (Å²) in [5.74, 6) is 0. The molecule has 18 heavy (non-hydrogen) atoms. The predicted octanol–water partition coefficient (Wildman–Crippen LogP) is 4.11. The zero-order chi connectivity index (χ0) is 13.1. The lowest BCUT2D eigenvalue weighted by Crippen LogP contribution is -2.29. The highest BCUT2D eigenvalue weighted by atomic mass is 79.9. The van der Waals surface area contributed by atoms with Crippen LogP contribution in [0.1, 0.15) is 44.7 Å². The number of anilines is 1. The standard InChI is InChI=1S/C15H23BrN2/c1-4-9-18(13-6-7-13)15-10-12(16)5-8-14(15)11(2)17-3/h5,8,10-11,13,17H,4,6-7,9H2,1-3H3. The number of benzene rings is 1. The summed E-state index contributed by atoms with van der Waals surface area (Å²) in [6.45, 7) is 5.64. The highest BCUT2D eigenvalue weighted by molar-refractivity contribution is 9.10. The van der Waals surface area contributed by atoms with Crippen LogP contribution < -0.4 is 10.2 Å². The fourth-order valence-electron chi connectivity index (χ4n) is 2.41. The minimum Gasteiger partial charge on any atom is -0.368 e. The van der Waals surface area contributed by atoms with Crippen LogP contribution in [-0.4, -0.2) is 19.6 Å². The molecular formula is C15H23BrN2. The second-order valence-corrected chi connectivity index (χ2v) is 6.05. The Balaban J connectivity index is 2.35. The number of nitrogens with zero attached hydrogens (tertiary/aromatic N) is 1. The molecule has 1 saturated carbocycles. The average Bonchev–Trinajstić information content (AvgIpc) is 3.19. The molecule has 0 radical (unpaired) electrons. The van der Waals surface area contributed by atoms with Crippen LogP contribution in [0.15, 0.2) is 22.7 Å². The second-order valence-electron chi connectivity index (χ2n) is 5.14. The molecule has 100 valence electrons. The molecule has 1 N–H and O–H groups in total. The molecule has 0 heterocycles. The largest absolute Gasteiger partial charge is 0.368 e. The lowest BCUT2D eigenvalue weighted by Gasteiger charge is -2.29. The fraction of sp³-hybridized carbons (Fsp3) is 0.600. The summed E-state index contributed by atoms with van der Waals surface area (Å²) in [7, 11) is 2.03. The van der Waals surface area contributed by atoms with Gasteiger partial charge in [0.05, 0.1) is 0 Å². The van der Waals surface area contributed by atoms with Gasteiger partial charge in [0.1, 0.15) is 0 Å². The van der Waals surface area contributed by atoms with E-state index in [1.807, 2.05) is 7.05 Å². The van der Waals surface area contributed by atoms with Crippen LogP contribution in [0.5, 0.6) is 0 Å². The van der Waals surface area contributed by atoms with E-state index in [2.05, 4.69) is 58.2 Å². The maximum atomic E-state index is 3.61. The first-order chi connectivity index (χ1) is 8.67. The molecule has 0 aromatic heterocycles. The minimum atomic E-state index is 0.395. The summed E-state index contributed by atoms with van der Waals surface area (Å²) in [5.41, 5.74) is 2.80. The van der Waals surface area contributed by atoms with Gasteiger partial charge < -0.3 is 10.2 Å². The normalized spacial score (nSPS) is 16.7. The SMILES string of the molecule is CCCN(c1cc(Br)ccc1C(C)NC)C1CC1. The first kappa shape index (κ1) is 13.9. The highest BCUT2D eigenvalue weighted by Crippen LogP contribution is 2.37. The molecule has 1 aromatic rings. The summed E-state index contributed by atoms with van der Waals surface area (Å²) in [5, 5.41) is 3.36. The minimum absolute atomic E-state index is 0.395. The van der Waals surface area contributed by atoms with Crippen LogP contribution in [0.4, 0.5) is 5.69 Å². The summed E-state index contributed by atoms with van der Waals surface area (Å²) in [4.78, 5) is 2.59. The number of halogens is 1. The zero-order valence-electron chi connectivity index (χ0n) is 11.5. The Bertz CT molecular complexity index is 401. The smallest absolute Gasteiger partial charge is 0.0428 e. The van der Waals surface area contributed by atoms with Gasteiger partial charge >= 0.3 is 0 Å². The van der Waals surface area contributed by atoms with Crippen LogP contribution >= 0.6 is 15.9 Å². The molecule has 1 aliphatic rings. The van der Waals surface area contributed by atoms with Gasteiger partial charge in [0.2, 0.25) is 0 Å². The molecule has 0 saturated heterocycles. The van der Waals surface area contributed by atoms with E-state index in [9.17, 15) is 0 Å². The van der Waals surface area contributed by atoms with Crippen molar-refractivity contribution in [3.05, 3.63) is 28.2 Å². The van der Waals surface area contributed by atoms with Crippen molar-refractivity contribution < 1.29 is 0 Å². The first-order valence-corrected chi connectivity index (χ1v) is 7.70. The summed E-state index contributed by atoms with van der Waals surface area (Å²) in [6, 6.07) is 7.82. The summed E-state index contributed by atoms with van der Waals surface area (Å²) < 4.78 is 1.17. The Labute approximate surface area is 119 Å². The third-order valence-corrected chi connectivity index (χ3v) is 4.15. The van der Waals surface area contributed by atoms with Gasteiger partial charge in [0.15, 0.2) is 0 Å². The maximum absolute atomic E-state index is 3.61. The Morgan fingerprint density at radius 3 is 2.72 bits per heavy atom. The first-order valence-electron chi connectivity index (χ1n) is 6.90. The Morgan fingerprint density at radius 1 is 1.44 bits per heavy atom. The summed E-state index contributed by atoms with van der Waals surface area (Å²) in [6.07, 6.45) is 3.90. The number of rotatable bonds is 6. The van der Waals surface area contributed by atoms with E-state index in [4.69, 9.17) is 0 Å². The zero-order valence-corrected chi connectivity index (χ0v) is 13.1. The third kappa shape index (κ3) is 3.07. The highest BCUT2D eigenvalue weighted by Gasteiger charge is 2.30. The van der Waals surface area contributed by atoms with Crippen molar-refractivity contribution in [1.82, 2.24) is 5.32 Å². The molecule has 0 amide bonds. The van der Waals surface area contributed by atoms with Crippen molar-refractivity contribution in [1.29, 1.82) is 0 Å². The van der Waals surface area contributed by atoms with E-state index in [1.165, 1.54) is 35.0 Å². The van der Waals surface area contributed by atoms with Crippen LogP contribution in [-0.2, 0) is 0 Å². The average molecular weight is 311 g/mol. The van der Waals surface area contributed by atoms with Gasteiger partial charge in [-0.15, -0.1) is 0 Å². The van der Waals surface area contributed by atoms with Crippen LogP contribution in [0.3, 0.4) is 0 Å². The van der Waals surface area contributed by atoms with Gasteiger partial charge in [-0.05, 0) is 50.9 Å². The van der Waals surface area contributed by atoms with Gasteiger partial charge in [-0.25, -0.2) is 0 Å². The number of hydrogen-bond donors (Lipinski definition) is 1. The molecule has 1 aliphatic carbocycles. The quantitative estimate of drug-likeness (QED) is 0.850. The molecule has 0 aliphatic heterocycles. The Kier molecular flexibility index (Phi) is 4.68. The van der Waals surface area contributed by atoms with Crippen molar-refractivity contribution in [2.24, 2.45) is 0 Å². The molecule has 1 aromatic carbocycles. The molecule has 3 heteroatoms. The molecule has 1 atom stereocenters. The predicted molar refractivity (Wildman–Crippen MR) is 82.3 cm³/mol. The maximum Gasteiger partial charge on any atom is 0.0428 e. The van der Waals surface area contributed by atoms with E-state index < -0.39 is 0 Å². The van der Waals surface area contributed by atoms with Gasteiger partial charge in [-0.3, -0.25) is 0 Å². The molecule has 2 rings (SSSR count). The van der Waals surface area contributed by atoms with Crippen LogP contribution in [0, 0.1) is 0 Å². The fourth-order valence-corrected chi connectivity index (χ4v) is 2.76. The summed E-state index contributed by atoms with van der Waals surface area (Å²) >= 11 is 3.61. The van der Waals surface area contributed by atoms with Gasteiger partial charge in [-0.2, -0.15) is 0 Å². The second kappa shape index (κ2) is 6.07. The van der Waals surface area contributed by atoms with Crippen molar-refractivity contribution in [3.8, 4) is 0 Å². The van der Waals surface area contributed by atoms with Crippen LogP contribution in [0.2, 0.25) is 0 Å². The molecular weight excluding hydrogens is 288 g/mol. The Morgan fingerprint density at radius 2 is 2.17 bits per heavy atom. The lowest BCUT2D eigenvalue weighted by molar-refractivity contribution is 0.644. The van der Waals surface area contributed by atoms with Gasteiger partial charge in [-0.1, -0.05) is 28.9 Å². The van der Waals surface area contributed by atoms with Gasteiger partial charge in [0, 0.05) is 28.8 Å². The molecule has 2 nitrogen and oxygen atoms in total. The number of hydrogen-bond acceptors (Lipinski definition) is 2. The van der Waals surface area contributed by atoms with Crippen molar-refractivity contribution in [2.45, 2.75) is 45.2 Å². The van der Waals surface area contributed by atoms with Crippen molar-refractivity contribution in [2.75, 3.05) is 18.5 Å². The molecule has 0 bridgehead atoms. The van der Waals surface area contributed by atoms with E-state index in [0.717, 1.165) is 12.6 Å². The van der Waals surface area contributed by atoms with Gasteiger partial charge in [0.25, 0.3) is 0 Å². The third-order valence-electron chi connectivity index (χ3n) is 3.65. The van der Waals surface area contributed by atoms with E-state index in [1.54, 1.807) is 0 Å². The van der Waals surface area contributed by atoms with Crippen molar-refractivity contribution in [3.63, 3.8) is 0 Å².